The van der Waals surface area contributed by atoms with E-state index < -0.39 is 12.4 Å². The summed E-state index contributed by atoms with van der Waals surface area (Å²) in [7, 11) is 0. The van der Waals surface area contributed by atoms with E-state index in [1.165, 1.54) is 0 Å². The molecule has 4 nitrogen and oxygen atoms in total. The molecule has 7 heteroatoms. The molecule has 0 fully saturated rings. The highest BCUT2D eigenvalue weighted by molar-refractivity contribution is 14.1. The van der Waals surface area contributed by atoms with Crippen LogP contribution in [-0.4, -0.2) is 16.1 Å². The number of rotatable bonds is 3. The fourth-order valence-corrected chi connectivity index (χ4v) is 1.75. The number of alkyl halides is 2. The van der Waals surface area contributed by atoms with Gasteiger partial charge >= 0.3 is 5.97 Å². The summed E-state index contributed by atoms with van der Waals surface area (Å²) in [5.41, 5.74) is 4.65. The maximum Gasteiger partial charge on any atom is 0.355 e. The van der Waals surface area contributed by atoms with Crippen LogP contribution in [0.5, 0.6) is 0 Å². The highest BCUT2D eigenvalue weighted by atomic mass is 127. The number of aromatic carboxylic acids is 1. The van der Waals surface area contributed by atoms with Crippen molar-refractivity contribution in [1.29, 1.82) is 0 Å². The van der Waals surface area contributed by atoms with Crippen molar-refractivity contribution in [3.8, 4) is 0 Å². The number of hydrogen-bond acceptors (Lipinski definition) is 3. The SMILES string of the molecule is NCc1cc(C(F)F)c(I)c(C(=O)O)n1. The van der Waals surface area contributed by atoms with Crippen LogP contribution in [0.4, 0.5) is 8.78 Å². The highest BCUT2D eigenvalue weighted by Gasteiger charge is 2.20. The Kier molecular flexibility index (Phi) is 3.91. The molecule has 3 N–H and O–H groups in total. The third-order valence-electron chi connectivity index (χ3n) is 1.69. The number of carbonyl (C=O) groups is 1. The molecule has 0 atom stereocenters. The molecule has 1 heterocycles. The van der Waals surface area contributed by atoms with Gasteiger partial charge in [-0.15, -0.1) is 0 Å². The van der Waals surface area contributed by atoms with Gasteiger partial charge in [-0.25, -0.2) is 18.6 Å². The average Bonchev–Trinajstić information content (AvgIpc) is 2.17. The van der Waals surface area contributed by atoms with Crippen molar-refractivity contribution in [3.05, 3.63) is 26.6 Å². The van der Waals surface area contributed by atoms with Gasteiger partial charge in [0.15, 0.2) is 5.69 Å². The van der Waals surface area contributed by atoms with Crippen molar-refractivity contribution >= 4 is 28.6 Å². The van der Waals surface area contributed by atoms with Gasteiger partial charge in [0.25, 0.3) is 6.43 Å². The van der Waals surface area contributed by atoms with Gasteiger partial charge in [-0.1, -0.05) is 0 Å². The molecule has 0 aliphatic rings. The topological polar surface area (TPSA) is 76.2 Å². The molecule has 0 spiro atoms. The predicted molar refractivity (Wildman–Crippen MR) is 56.8 cm³/mol. The lowest BCUT2D eigenvalue weighted by atomic mass is 10.2. The van der Waals surface area contributed by atoms with Gasteiger partial charge in [-0.2, -0.15) is 0 Å². The molecule has 0 unspecified atom stereocenters. The largest absolute Gasteiger partial charge is 0.476 e. The number of aromatic nitrogens is 1. The second kappa shape index (κ2) is 4.79. The first-order valence-corrected chi connectivity index (χ1v) is 4.96. The Hall–Kier alpha value is -0.830. The van der Waals surface area contributed by atoms with E-state index in [-0.39, 0.29) is 27.1 Å². The summed E-state index contributed by atoms with van der Waals surface area (Å²) in [5.74, 6) is -1.34. The van der Waals surface area contributed by atoms with Crippen molar-refractivity contribution in [2.24, 2.45) is 5.73 Å². The molecule has 15 heavy (non-hydrogen) atoms. The number of carboxylic acid groups (broad SMARTS) is 1. The number of nitrogens with zero attached hydrogens (tertiary/aromatic N) is 1. The zero-order valence-corrected chi connectivity index (χ0v) is 9.53. The number of hydrogen-bond donors (Lipinski definition) is 2. The van der Waals surface area contributed by atoms with Crippen LogP contribution in [0.1, 0.15) is 28.2 Å². The smallest absolute Gasteiger partial charge is 0.355 e. The zero-order valence-electron chi connectivity index (χ0n) is 7.38. The Morgan fingerprint density at radius 2 is 2.27 bits per heavy atom. The summed E-state index contributed by atoms with van der Waals surface area (Å²) < 4.78 is 25.0. The Labute approximate surface area is 97.6 Å². The first-order valence-electron chi connectivity index (χ1n) is 3.88. The molecule has 1 aromatic rings. The van der Waals surface area contributed by atoms with Gasteiger partial charge in [0.1, 0.15) is 0 Å². The maximum absolute atomic E-state index is 12.5. The molecule has 82 valence electrons. The van der Waals surface area contributed by atoms with Crippen LogP contribution in [0.25, 0.3) is 0 Å². The molecule has 1 rings (SSSR count). The minimum atomic E-state index is -2.73. The highest BCUT2D eigenvalue weighted by Crippen LogP contribution is 2.26. The Morgan fingerprint density at radius 3 is 2.67 bits per heavy atom. The van der Waals surface area contributed by atoms with Gasteiger partial charge in [0.2, 0.25) is 0 Å². The lowest BCUT2D eigenvalue weighted by Crippen LogP contribution is -2.11. The fourth-order valence-electron chi connectivity index (χ4n) is 1.01. The van der Waals surface area contributed by atoms with E-state index in [0.717, 1.165) is 6.07 Å². The summed E-state index contributed by atoms with van der Waals surface area (Å²) in [6.07, 6.45) is -2.73. The number of halogens is 3. The lowest BCUT2D eigenvalue weighted by Gasteiger charge is -2.08. The molecule has 0 radical (unpaired) electrons. The molecule has 0 bridgehead atoms. The van der Waals surface area contributed by atoms with E-state index in [1.807, 2.05) is 0 Å². The lowest BCUT2D eigenvalue weighted by molar-refractivity contribution is 0.0688. The van der Waals surface area contributed by atoms with Gasteiger partial charge in [0, 0.05) is 12.1 Å². The molecular formula is C8H7F2IN2O2. The van der Waals surface area contributed by atoms with Crippen LogP contribution < -0.4 is 5.73 Å². The van der Waals surface area contributed by atoms with Crippen LogP contribution in [0, 0.1) is 3.57 Å². The minimum absolute atomic E-state index is 0.0488. The van der Waals surface area contributed by atoms with Crippen LogP contribution >= 0.6 is 22.6 Å². The normalized spacial score (nSPS) is 10.7. The third kappa shape index (κ3) is 2.59. The van der Waals surface area contributed by atoms with Crippen LogP contribution in [0.3, 0.4) is 0 Å². The van der Waals surface area contributed by atoms with Crippen molar-refractivity contribution in [2.75, 3.05) is 0 Å². The number of nitrogens with two attached hydrogens (primary N) is 1. The Balaban J connectivity index is 3.40. The standard InChI is InChI=1S/C8H7F2IN2O2/c9-7(10)4-1-3(2-12)13-6(5(4)11)8(14)15/h1,7H,2,12H2,(H,14,15). The maximum atomic E-state index is 12.5. The first kappa shape index (κ1) is 12.2. The zero-order chi connectivity index (χ0) is 11.6. The van der Waals surface area contributed by atoms with Gasteiger partial charge in [0.05, 0.1) is 9.26 Å². The van der Waals surface area contributed by atoms with Gasteiger partial charge in [-0.3, -0.25) is 0 Å². The molecule has 0 saturated heterocycles. The minimum Gasteiger partial charge on any atom is -0.476 e. The second-order valence-corrected chi connectivity index (χ2v) is 3.75. The molecule has 0 aromatic carbocycles. The molecule has 0 saturated carbocycles. The summed E-state index contributed by atoms with van der Waals surface area (Å²) in [5, 5.41) is 8.74. The molecule has 0 aliphatic carbocycles. The second-order valence-electron chi connectivity index (χ2n) is 2.68. The first-order chi connectivity index (χ1) is 6.97. The van der Waals surface area contributed by atoms with Crippen molar-refractivity contribution in [3.63, 3.8) is 0 Å². The van der Waals surface area contributed by atoms with E-state index in [9.17, 15) is 13.6 Å². The Morgan fingerprint density at radius 1 is 1.67 bits per heavy atom. The van der Waals surface area contributed by atoms with E-state index in [0.29, 0.717) is 0 Å². The quantitative estimate of drug-likeness (QED) is 0.830. The predicted octanol–water partition coefficient (Wildman–Crippen LogP) is 1.78. The van der Waals surface area contributed by atoms with Crippen molar-refractivity contribution < 1.29 is 18.7 Å². The molecular weight excluding hydrogens is 321 g/mol. The van der Waals surface area contributed by atoms with Gasteiger partial charge < -0.3 is 10.8 Å². The van der Waals surface area contributed by atoms with Crippen LogP contribution in [-0.2, 0) is 6.54 Å². The monoisotopic (exact) mass is 328 g/mol. The van der Waals surface area contributed by atoms with Crippen LogP contribution in [0.15, 0.2) is 6.07 Å². The van der Waals surface area contributed by atoms with Crippen molar-refractivity contribution in [1.82, 2.24) is 4.98 Å². The fraction of sp³-hybridized carbons (Fsp3) is 0.250. The Bertz CT molecular complexity index is 398. The van der Waals surface area contributed by atoms with E-state index >= 15 is 0 Å². The van der Waals surface area contributed by atoms with E-state index in [2.05, 4.69) is 4.98 Å². The summed E-state index contributed by atoms with van der Waals surface area (Å²) in [6, 6.07) is 1.12. The molecule has 0 aliphatic heterocycles. The van der Waals surface area contributed by atoms with Crippen molar-refractivity contribution in [2.45, 2.75) is 13.0 Å². The van der Waals surface area contributed by atoms with E-state index in [1.54, 1.807) is 22.6 Å². The summed E-state index contributed by atoms with van der Waals surface area (Å²) >= 11 is 1.54. The average molecular weight is 328 g/mol. The number of pyridine rings is 1. The molecule has 0 amide bonds. The van der Waals surface area contributed by atoms with Gasteiger partial charge in [-0.05, 0) is 28.7 Å². The van der Waals surface area contributed by atoms with E-state index in [4.69, 9.17) is 10.8 Å². The third-order valence-corrected chi connectivity index (χ3v) is 2.82. The molecule has 1 aromatic heterocycles. The summed E-state index contributed by atoms with van der Waals surface area (Å²) in [6.45, 7) is -0.0725. The van der Waals surface area contributed by atoms with Crippen LogP contribution in [0.2, 0.25) is 0 Å². The summed E-state index contributed by atoms with van der Waals surface area (Å²) in [4.78, 5) is 14.4. The number of carboxylic acids is 1.